The normalized spacial score (nSPS) is 15.6. The molecule has 8 heteroatoms. The maximum absolute atomic E-state index is 12.1. The standard InChI is InChI=1S/C16H24BrClN2OS2Si/c1-10(2)24(11(3)4,12(5)6)20-9-14(17)13-7-8-15(19-16(13)20)23(18,21)22/h7-12H,1-6H3. The summed E-state index contributed by atoms with van der Waals surface area (Å²) in [5.74, 6) is 0. The molecular weight excluding hydrogens is 444 g/mol. The van der Waals surface area contributed by atoms with Crippen LogP contribution >= 0.6 is 26.6 Å². The summed E-state index contributed by atoms with van der Waals surface area (Å²) in [7, 11) is 0.889. The highest BCUT2D eigenvalue weighted by atomic mass is 79.9. The summed E-state index contributed by atoms with van der Waals surface area (Å²) < 4.78 is 15.5. The molecule has 0 saturated carbocycles. The molecule has 1 atom stereocenters. The van der Waals surface area contributed by atoms with Gasteiger partial charge in [0.15, 0.2) is 15.9 Å². The molecule has 0 aliphatic heterocycles. The van der Waals surface area contributed by atoms with Crippen molar-refractivity contribution in [3.63, 3.8) is 0 Å². The molecule has 0 aromatic carbocycles. The summed E-state index contributed by atoms with van der Waals surface area (Å²) in [6.07, 6.45) is 2.15. The third-order valence-electron chi connectivity index (χ3n) is 5.02. The van der Waals surface area contributed by atoms with Crippen LogP contribution in [0.3, 0.4) is 0 Å². The number of hydrogen-bond donors (Lipinski definition) is 0. The molecule has 3 nitrogen and oxygen atoms in total. The smallest absolute Gasteiger partial charge is 0.171 e. The second-order valence-electron chi connectivity index (χ2n) is 7.16. The summed E-state index contributed by atoms with van der Waals surface area (Å²) in [6.45, 7) is 13.8. The first-order valence-electron chi connectivity index (χ1n) is 8.06. The Bertz CT molecular complexity index is 841. The zero-order valence-electron chi connectivity index (χ0n) is 14.8. The van der Waals surface area contributed by atoms with Crippen LogP contribution in [0.15, 0.2) is 27.8 Å². The Balaban J connectivity index is 2.93. The minimum atomic E-state index is -3.03. The lowest BCUT2D eigenvalue weighted by atomic mass is 10.3. The zero-order valence-corrected chi connectivity index (χ0v) is 19.8. The molecule has 0 amide bonds. The number of pyridine rings is 1. The van der Waals surface area contributed by atoms with Gasteiger partial charge in [-0.2, -0.15) is 0 Å². The van der Waals surface area contributed by atoms with Crippen LogP contribution in [0, 0.1) is 0 Å². The number of halogens is 2. The molecule has 134 valence electrons. The molecule has 0 bridgehead atoms. The molecule has 0 aliphatic carbocycles. The first-order chi connectivity index (χ1) is 10.9. The van der Waals surface area contributed by atoms with Crippen molar-refractivity contribution in [3.05, 3.63) is 22.8 Å². The maximum atomic E-state index is 12.1. The summed E-state index contributed by atoms with van der Waals surface area (Å²) in [6, 6.07) is 3.58. The van der Waals surface area contributed by atoms with Crippen molar-refractivity contribution < 1.29 is 4.21 Å². The lowest BCUT2D eigenvalue weighted by molar-refractivity contribution is 0.687. The van der Waals surface area contributed by atoms with E-state index in [1.165, 1.54) is 0 Å². The Morgan fingerprint density at radius 2 is 1.67 bits per heavy atom. The molecule has 0 fully saturated rings. The van der Waals surface area contributed by atoms with E-state index in [0.717, 1.165) is 15.5 Å². The highest BCUT2D eigenvalue weighted by Crippen LogP contribution is 2.45. The summed E-state index contributed by atoms with van der Waals surface area (Å²) in [4.78, 5) is 4.64. The van der Waals surface area contributed by atoms with Crippen LogP contribution in [0.25, 0.3) is 11.0 Å². The average molecular weight is 468 g/mol. The van der Waals surface area contributed by atoms with Gasteiger partial charge in [0.2, 0.25) is 0 Å². The molecule has 2 rings (SSSR count). The van der Waals surface area contributed by atoms with Crippen molar-refractivity contribution in [2.45, 2.75) is 63.2 Å². The summed E-state index contributed by atoms with van der Waals surface area (Å²) >= 11 is 8.60. The first-order valence-corrected chi connectivity index (χ1v) is 14.3. The Kier molecular flexibility index (Phi) is 5.93. The molecule has 0 aliphatic rings. The highest BCUT2D eigenvalue weighted by molar-refractivity contribution is 9.10. The van der Waals surface area contributed by atoms with E-state index in [1.54, 1.807) is 6.07 Å². The SMILES string of the molecule is CC(C)[Si](C(C)C)(C(C)C)n1cc(Br)c2ccc(S(=O)(=S)Cl)nc21. The second-order valence-corrected chi connectivity index (χ2v) is 18.3. The Labute approximate surface area is 163 Å². The second kappa shape index (κ2) is 6.99. The van der Waals surface area contributed by atoms with Gasteiger partial charge in [-0.15, -0.1) is 0 Å². The van der Waals surface area contributed by atoms with E-state index in [9.17, 15) is 4.21 Å². The minimum Gasteiger partial charge on any atom is -0.357 e. The van der Waals surface area contributed by atoms with Crippen LogP contribution in [0.5, 0.6) is 0 Å². The number of aromatic nitrogens is 2. The van der Waals surface area contributed by atoms with Gasteiger partial charge in [-0.25, -0.2) is 9.19 Å². The molecule has 1 unspecified atom stereocenters. The fraction of sp³-hybridized carbons (Fsp3) is 0.562. The van der Waals surface area contributed by atoms with E-state index < -0.39 is 15.9 Å². The van der Waals surface area contributed by atoms with Gasteiger partial charge in [-0.05, 0) is 55.4 Å². The monoisotopic (exact) mass is 466 g/mol. The third-order valence-corrected chi connectivity index (χ3v) is 14.1. The largest absolute Gasteiger partial charge is 0.357 e. The maximum Gasteiger partial charge on any atom is 0.171 e. The molecule has 24 heavy (non-hydrogen) atoms. The predicted molar refractivity (Wildman–Crippen MR) is 114 cm³/mol. The molecule has 0 N–H and O–H groups in total. The zero-order chi connectivity index (χ0) is 18.4. The predicted octanol–water partition coefficient (Wildman–Crippen LogP) is 6.08. The fourth-order valence-corrected chi connectivity index (χ4v) is 12.5. The van der Waals surface area contributed by atoms with E-state index in [2.05, 4.69) is 72.9 Å². The number of nitrogens with zero attached hydrogens (tertiary/aromatic N) is 2. The van der Waals surface area contributed by atoms with Gasteiger partial charge in [0.25, 0.3) is 0 Å². The van der Waals surface area contributed by atoms with Gasteiger partial charge in [0, 0.05) is 27.2 Å². The van der Waals surface area contributed by atoms with Crippen molar-refractivity contribution in [3.8, 4) is 0 Å². The quantitative estimate of drug-likeness (QED) is 0.394. The lowest BCUT2D eigenvalue weighted by Crippen LogP contribution is -2.51. The van der Waals surface area contributed by atoms with Crippen LogP contribution in [-0.4, -0.2) is 21.7 Å². The van der Waals surface area contributed by atoms with Crippen molar-refractivity contribution in [1.82, 2.24) is 9.22 Å². The van der Waals surface area contributed by atoms with E-state index in [1.807, 2.05) is 6.07 Å². The molecule has 0 radical (unpaired) electrons. The van der Waals surface area contributed by atoms with Gasteiger partial charge in [0.1, 0.15) is 10.7 Å². The molecule has 2 aromatic rings. The van der Waals surface area contributed by atoms with Gasteiger partial charge in [-0.3, -0.25) is 0 Å². The van der Waals surface area contributed by atoms with E-state index in [0.29, 0.717) is 16.6 Å². The van der Waals surface area contributed by atoms with Crippen LogP contribution in [0.4, 0.5) is 0 Å². The van der Waals surface area contributed by atoms with Crippen LogP contribution in [0.2, 0.25) is 16.6 Å². The van der Waals surface area contributed by atoms with Crippen molar-refractivity contribution in [1.29, 1.82) is 0 Å². The van der Waals surface area contributed by atoms with E-state index >= 15 is 0 Å². The molecule has 2 heterocycles. The topological polar surface area (TPSA) is 34.9 Å². The third kappa shape index (κ3) is 3.22. The average Bonchev–Trinajstić information content (AvgIpc) is 2.74. The van der Waals surface area contributed by atoms with Gasteiger partial charge in [-0.1, -0.05) is 41.5 Å². The van der Waals surface area contributed by atoms with Crippen LogP contribution in [0.1, 0.15) is 41.5 Å². The first kappa shape index (κ1) is 20.4. The van der Waals surface area contributed by atoms with Crippen LogP contribution in [-0.2, 0) is 18.9 Å². The van der Waals surface area contributed by atoms with Gasteiger partial charge < -0.3 is 4.23 Å². The van der Waals surface area contributed by atoms with E-state index in [-0.39, 0.29) is 5.03 Å². The van der Waals surface area contributed by atoms with Crippen molar-refractivity contribution in [2.75, 3.05) is 0 Å². The summed E-state index contributed by atoms with van der Waals surface area (Å²) in [5.41, 5.74) is 2.40. The van der Waals surface area contributed by atoms with Crippen molar-refractivity contribution in [2.24, 2.45) is 0 Å². The Hall–Kier alpha value is 0.0469. The molecule has 0 spiro atoms. The number of hydrogen-bond acceptors (Lipinski definition) is 3. The Morgan fingerprint density at radius 3 is 2.08 bits per heavy atom. The van der Waals surface area contributed by atoms with Crippen molar-refractivity contribution >= 4 is 64.8 Å². The number of fused-ring (bicyclic) bond motifs is 1. The molecule has 0 saturated heterocycles. The molecular formula is C16H24BrClN2OS2Si. The fourth-order valence-electron chi connectivity index (χ4n) is 4.31. The van der Waals surface area contributed by atoms with Gasteiger partial charge in [0.05, 0.1) is 0 Å². The summed E-state index contributed by atoms with van der Waals surface area (Å²) in [5, 5.41) is 1.28. The minimum absolute atomic E-state index is 0.276. The highest BCUT2D eigenvalue weighted by Gasteiger charge is 2.46. The molecule has 2 aromatic heterocycles. The van der Waals surface area contributed by atoms with E-state index in [4.69, 9.17) is 21.9 Å². The van der Waals surface area contributed by atoms with Crippen LogP contribution < -0.4 is 0 Å². The van der Waals surface area contributed by atoms with Gasteiger partial charge >= 0.3 is 0 Å². The lowest BCUT2D eigenvalue weighted by Gasteiger charge is -2.44. The Morgan fingerprint density at radius 1 is 1.17 bits per heavy atom. The number of rotatable bonds is 5.